The third-order valence-corrected chi connectivity index (χ3v) is 3.29. The number of anilines is 1. The number of aromatic nitrogens is 1. The van der Waals surface area contributed by atoms with Crippen molar-refractivity contribution in [3.8, 4) is 0 Å². The molecule has 0 amide bonds. The van der Waals surface area contributed by atoms with E-state index in [1.807, 2.05) is 26.2 Å². The molecule has 0 saturated carbocycles. The van der Waals surface area contributed by atoms with E-state index >= 15 is 0 Å². The summed E-state index contributed by atoms with van der Waals surface area (Å²) in [5.41, 5.74) is 0.842. The average molecular weight is 288 g/mol. The minimum absolute atomic E-state index is 0.0874. The van der Waals surface area contributed by atoms with E-state index < -0.39 is 4.92 Å². The molecule has 2 aromatic rings. The number of nitro benzene ring substituents is 1. The number of fused-ring (bicyclic) bond motifs is 1. The number of benzene rings is 1. The zero-order chi connectivity index (χ0) is 15.4. The highest BCUT2D eigenvalue weighted by Gasteiger charge is 2.08. The van der Waals surface area contributed by atoms with Crippen LogP contribution in [0.5, 0.6) is 0 Å². The first kappa shape index (κ1) is 15.2. The largest absolute Gasteiger partial charge is 0.368 e. The number of nitrogens with one attached hydrogen (secondary N) is 1. The molecule has 21 heavy (non-hydrogen) atoms. The Morgan fingerprint density at radius 1 is 1.33 bits per heavy atom. The van der Waals surface area contributed by atoms with Crippen LogP contribution in [0, 0.1) is 10.1 Å². The van der Waals surface area contributed by atoms with Gasteiger partial charge in [-0.15, -0.1) is 0 Å². The third-order valence-electron chi connectivity index (χ3n) is 3.29. The zero-order valence-corrected chi connectivity index (χ0v) is 12.5. The molecule has 0 bridgehead atoms. The van der Waals surface area contributed by atoms with Gasteiger partial charge in [0.15, 0.2) is 0 Å². The Morgan fingerprint density at radius 3 is 2.76 bits per heavy atom. The van der Waals surface area contributed by atoms with Gasteiger partial charge in [0, 0.05) is 23.6 Å². The lowest BCUT2D eigenvalue weighted by Crippen LogP contribution is -2.23. The number of hydrogen-bond acceptors (Lipinski definition) is 5. The van der Waals surface area contributed by atoms with Crippen LogP contribution in [0.2, 0.25) is 0 Å². The predicted octanol–water partition coefficient (Wildman–Crippen LogP) is 2.90. The van der Waals surface area contributed by atoms with Crippen LogP contribution < -0.4 is 5.32 Å². The number of nitrogens with zero attached hydrogens (tertiary/aromatic N) is 3. The first-order valence-electron chi connectivity index (χ1n) is 6.92. The van der Waals surface area contributed by atoms with Crippen molar-refractivity contribution >= 4 is 22.4 Å². The molecule has 0 radical (unpaired) electrons. The summed E-state index contributed by atoms with van der Waals surface area (Å²) in [6, 6.07) is 8.74. The van der Waals surface area contributed by atoms with Gasteiger partial charge < -0.3 is 10.2 Å². The number of non-ortho nitro benzene ring substituents is 1. The maximum atomic E-state index is 10.8. The fourth-order valence-corrected chi connectivity index (χ4v) is 2.08. The summed E-state index contributed by atoms with van der Waals surface area (Å²) >= 11 is 0. The molecule has 0 aliphatic carbocycles. The molecular formula is C15H20N4O2. The molecule has 1 aromatic heterocycles. The minimum Gasteiger partial charge on any atom is -0.368 e. The lowest BCUT2D eigenvalue weighted by Gasteiger charge is -2.17. The molecule has 0 saturated heterocycles. The van der Waals surface area contributed by atoms with Crippen molar-refractivity contribution in [2.75, 3.05) is 26.0 Å². The smallest absolute Gasteiger partial charge is 0.270 e. The molecule has 6 heteroatoms. The van der Waals surface area contributed by atoms with Gasteiger partial charge in [-0.3, -0.25) is 10.1 Å². The van der Waals surface area contributed by atoms with Gasteiger partial charge in [-0.1, -0.05) is 0 Å². The van der Waals surface area contributed by atoms with Crippen LogP contribution in [-0.4, -0.2) is 41.5 Å². The molecular weight excluding hydrogens is 268 g/mol. The molecule has 0 aliphatic heterocycles. The minimum atomic E-state index is -0.394. The topological polar surface area (TPSA) is 71.3 Å². The van der Waals surface area contributed by atoms with Crippen molar-refractivity contribution in [3.63, 3.8) is 0 Å². The highest BCUT2D eigenvalue weighted by molar-refractivity contribution is 5.82. The Labute approximate surface area is 123 Å². The quantitative estimate of drug-likeness (QED) is 0.653. The SMILES string of the molecule is CC(CCN(C)C)Nc1ccc2cc([N+](=O)[O-])ccc2n1. The van der Waals surface area contributed by atoms with Crippen LogP contribution >= 0.6 is 0 Å². The Morgan fingerprint density at radius 2 is 2.10 bits per heavy atom. The van der Waals surface area contributed by atoms with E-state index in [4.69, 9.17) is 0 Å². The van der Waals surface area contributed by atoms with E-state index in [2.05, 4.69) is 22.1 Å². The van der Waals surface area contributed by atoms with Crippen LogP contribution in [-0.2, 0) is 0 Å². The summed E-state index contributed by atoms with van der Waals surface area (Å²) in [7, 11) is 4.10. The maximum Gasteiger partial charge on any atom is 0.270 e. The highest BCUT2D eigenvalue weighted by Crippen LogP contribution is 2.21. The van der Waals surface area contributed by atoms with Gasteiger partial charge in [0.25, 0.3) is 5.69 Å². The fourth-order valence-electron chi connectivity index (χ4n) is 2.08. The Bertz CT molecular complexity index is 643. The van der Waals surface area contributed by atoms with Gasteiger partial charge in [0.2, 0.25) is 0 Å². The maximum absolute atomic E-state index is 10.8. The Kier molecular flexibility index (Phi) is 4.70. The fraction of sp³-hybridized carbons (Fsp3) is 0.400. The molecule has 112 valence electrons. The first-order valence-corrected chi connectivity index (χ1v) is 6.92. The second kappa shape index (κ2) is 6.49. The van der Waals surface area contributed by atoms with E-state index in [-0.39, 0.29) is 5.69 Å². The lowest BCUT2D eigenvalue weighted by molar-refractivity contribution is -0.384. The number of pyridine rings is 1. The van der Waals surface area contributed by atoms with Crippen molar-refractivity contribution in [1.82, 2.24) is 9.88 Å². The molecule has 0 spiro atoms. The first-order chi connectivity index (χ1) is 9.95. The Hall–Kier alpha value is -2.21. The summed E-state index contributed by atoms with van der Waals surface area (Å²) in [4.78, 5) is 17.0. The van der Waals surface area contributed by atoms with Gasteiger partial charge in [0.05, 0.1) is 10.4 Å². The number of hydrogen-bond donors (Lipinski definition) is 1. The lowest BCUT2D eigenvalue weighted by atomic mass is 10.2. The van der Waals surface area contributed by atoms with Crippen LogP contribution in [0.3, 0.4) is 0 Å². The average Bonchev–Trinajstić information content (AvgIpc) is 2.44. The van der Waals surface area contributed by atoms with Crippen molar-refractivity contribution < 1.29 is 4.92 Å². The predicted molar refractivity (Wildman–Crippen MR) is 84.7 cm³/mol. The second-order valence-electron chi connectivity index (χ2n) is 5.47. The van der Waals surface area contributed by atoms with E-state index in [0.717, 1.165) is 29.7 Å². The van der Waals surface area contributed by atoms with Gasteiger partial charge >= 0.3 is 0 Å². The molecule has 2 rings (SSSR count). The summed E-state index contributed by atoms with van der Waals surface area (Å²) in [5, 5.41) is 14.9. The van der Waals surface area contributed by atoms with Gasteiger partial charge in [-0.05, 0) is 52.2 Å². The second-order valence-corrected chi connectivity index (χ2v) is 5.47. The van der Waals surface area contributed by atoms with Crippen LogP contribution in [0.1, 0.15) is 13.3 Å². The van der Waals surface area contributed by atoms with E-state index in [9.17, 15) is 10.1 Å². The molecule has 1 N–H and O–H groups in total. The summed E-state index contributed by atoms with van der Waals surface area (Å²) in [6.45, 7) is 3.12. The van der Waals surface area contributed by atoms with Crippen molar-refractivity contribution in [3.05, 3.63) is 40.4 Å². The van der Waals surface area contributed by atoms with E-state index in [0.29, 0.717) is 6.04 Å². The van der Waals surface area contributed by atoms with Gasteiger partial charge in [0.1, 0.15) is 5.82 Å². The van der Waals surface area contributed by atoms with E-state index in [1.165, 1.54) is 6.07 Å². The Balaban J connectivity index is 2.12. The summed E-state index contributed by atoms with van der Waals surface area (Å²) < 4.78 is 0. The molecule has 0 aliphatic rings. The normalized spacial score (nSPS) is 12.6. The standard InChI is InChI=1S/C15H20N4O2/c1-11(8-9-18(2)3)16-15-7-4-12-10-13(19(20)21)5-6-14(12)17-15/h4-7,10-11H,8-9H2,1-3H3,(H,16,17). The molecule has 1 aromatic carbocycles. The number of nitro groups is 1. The highest BCUT2D eigenvalue weighted by atomic mass is 16.6. The zero-order valence-electron chi connectivity index (χ0n) is 12.5. The summed E-state index contributed by atoms with van der Waals surface area (Å²) in [5.74, 6) is 0.794. The molecule has 6 nitrogen and oxygen atoms in total. The van der Waals surface area contributed by atoms with Crippen molar-refractivity contribution in [2.24, 2.45) is 0 Å². The molecule has 1 atom stereocenters. The van der Waals surface area contributed by atoms with Gasteiger partial charge in [-0.2, -0.15) is 0 Å². The molecule has 0 fully saturated rings. The monoisotopic (exact) mass is 288 g/mol. The van der Waals surface area contributed by atoms with Crippen LogP contribution in [0.25, 0.3) is 10.9 Å². The molecule has 1 unspecified atom stereocenters. The van der Waals surface area contributed by atoms with Crippen LogP contribution in [0.4, 0.5) is 11.5 Å². The summed E-state index contributed by atoms with van der Waals surface area (Å²) in [6.07, 6.45) is 1.02. The molecule has 1 heterocycles. The van der Waals surface area contributed by atoms with Crippen molar-refractivity contribution in [1.29, 1.82) is 0 Å². The van der Waals surface area contributed by atoms with Crippen molar-refractivity contribution in [2.45, 2.75) is 19.4 Å². The third kappa shape index (κ3) is 4.13. The van der Waals surface area contributed by atoms with Gasteiger partial charge in [-0.25, -0.2) is 4.98 Å². The number of rotatable bonds is 6. The van der Waals surface area contributed by atoms with E-state index in [1.54, 1.807) is 12.1 Å². The van der Waals surface area contributed by atoms with Crippen LogP contribution in [0.15, 0.2) is 30.3 Å².